The van der Waals surface area contributed by atoms with Crippen LogP contribution in [-0.2, 0) is 10.0 Å². The molecule has 5 nitrogen and oxygen atoms in total. The highest BCUT2D eigenvalue weighted by Crippen LogP contribution is 2.21. The number of sulfonamides is 1. The summed E-state index contributed by atoms with van der Waals surface area (Å²) >= 11 is 0. The summed E-state index contributed by atoms with van der Waals surface area (Å²) in [5, 5.41) is 0. The van der Waals surface area contributed by atoms with Gasteiger partial charge in [-0.15, -0.1) is 0 Å². The Kier molecular flexibility index (Phi) is 5.33. The molecule has 0 aromatic heterocycles. The molecule has 3 rings (SSSR count). The number of carbonyl (C=O) groups excluding carboxylic acids is 1. The molecule has 1 heterocycles. The molecular formula is C18H18F2N2O3S. The van der Waals surface area contributed by atoms with Gasteiger partial charge in [-0.25, -0.2) is 17.2 Å². The first-order valence-electron chi connectivity index (χ1n) is 8.20. The number of benzene rings is 2. The van der Waals surface area contributed by atoms with Gasteiger partial charge in [0.05, 0.1) is 5.56 Å². The van der Waals surface area contributed by atoms with Crippen LogP contribution in [0.4, 0.5) is 8.78 Å². The van der Waals surface area contributed by atoms with Gasteiger partial charge in [-0.2, -0.15) is 4.31 Å². The Morgan fingerprint density at radius 1 is 0.846 bits per heavy atom. The number of amides is 1. The molecule has 1 aliphatic rings. The number of carbonyl (C=O) groups is 1. The van der Waals surface area contributed by atoms with Gasteiger partial charge in [0.25, 0.3) is 5.91 Å². The predicted octanol–water partition coefficient (Wildman–Crippen LogP) is 2.50. The smallest absolute Gasteiger partial charge is 0.256 e. The standard InChI is InChI=1S/C18H18F2N2O3S/c19-15-7-2-1-6-14(15)18(23)21-10-5-11-22(13-12-21)26(24,25)17-9-4-3-8-16(17)20/h1-4,6-9H,5,10-13H2. The van der Waals surface area contributed by atoms with Crippen molar-refractivity contribution < 1.29 is 22.0 Å². The molecule has 0 aliphatic carbocycles. The summed E-state index contributed by atoms with van der Waals surface area (Å²) in [6, 6.07) is 10.9. The highest BCUT2D eigenvalue weighted by Gasteiger charge is 2.30. The molecule has 0 bridgehead atoms. The van der Waals surface area contributed by atoms with Crippen molar-refractivity contribution in [3.63, 3.8) is 0 Å². The van der Waals surface area contributed by atoms with Crippen LogP contribution in [0, 0.1) is 11.6 Å². The zero-order chi connectivity index (χ0) is 18.7. The van der Waals surface area contributed by atoms with E-state index in [2.05, 4.69) is 0 Å². The Hall–Kier alpha value is -2.32. The lowest BCUT2D eigenvalue weighted by atomic mass is 10.2. The summed E-state index contributed by atoms with van der Waals surface area (Å²) in [6.45, 7) is 0.603. The summed E-state index contributed by atoms with van der Waals surface area (Å²) in [7, 11) is -3.99. The molecule has 0 atom stereocenters. The van der Waals surface area contributed by atoms with E-state index in [1.807, 2.05) is 0 Å². The van der Waals surface area contributed by atoms with Crippen molar-refractivity contribution in [1.29, 1.82) is 0 Å². The third kappa shape index (κ3) is 3.61. The minimum absolute atomic E-state index is 0.0247. The van der Waals surface area contributed by atoms with Gasteiger partial charge >= 0.3 is 0 Å². The fourth-order valence-corrected chi connectivity index (χ4v) is 4.47. The molecule has 2 aromatic carbocycles. The molecule has 1 aliphatic heterocycles. The third-order valence-corrected chi connectivity index (χ3v) is 6.23. The maximum Gasteiger partial charge on any atom is 0.256 e. The van der Waals surface area contributed by atoms with E-state index in [4.69, 9.17) is 0 Å². The Labute approximate surface area is 150 Å². The van der Waals surface area contributed by atoms with Gasteiger partial charge in [-0.3, -0.25) is 4.79 Å². The van der Waals surface area contributed by atoms with E-state index in [-0.39, 0.29) is 30.1 Å². The first-order chi connectivity index (χ1) is 12.4. The summed E-state index contributed by atoms with van der Waals surface area (Å²) in [6.07, 6.45) is 0.383. The molecule has 0 N–H and O–H groups in total. The van der Waals surface area contributed by atoms with Crippen molar-refractivity contribution in [3.8, 4) is 0 Å². The zero-order valence-electron chi connectivity index (χ0n) is 13.9. The first kappa shape index (κ1) is 18.5. The number of hydrogen-bond donors (Lipinski definition) is 0. The zero-order valence-corrected chi connectivity index (χ0v) is 14.8. The Balaban J connectivity index is 1.77. The molecule has 1 fully saturated rings. The summed E-state index contributed by atoms with van der Waals surface area (Å²) in [5.41, 5.74) is -0.0436. The fraction of sp³-hybridized carbons (Fsp3) is 0.278. The third-order valence-electron chi connectivity index (χ3n) is 4.30. The second kappa shape index (κ2) is 7.51. The van der Waals surface area contributed by atoms with Gasteiger partial charge in [0.2, 0.25) is 10.0 Å². The van der Waals surface area contributed by atoms with E-state index in [0.29, 0.717) is 13.0 Å². The molecule has 0 unspecified atom stereocenters. The van der Waals surface area contributed by atoms with Crippen LogP contribution in [-0.4, -0.2) is 49.7 Å². The highest BCUT2D eigenvalue weighted by molar-refractivity contribution is 7.89. The minimum Gasteiger partial charge on any atom is -0.337 e. The topological polar surface area (TPSA) is 57.7 Å². The van der Waals surface area contributed by atoms with Crippen LogP contribution in [0.15, 0.2) is 53.4 Å². The quantitative estimate of drug-likeness (QED) is 0.822. The van der Waals surface area contributed by atoms with Gasteiger partial charge in [0, 0.05) is 26.2 Å². The number of halogens is 2. The molecular weight excluding hydrogens is 362 g/mol. The lowest BCUT2D eigenvalue weighted by Crippen LogP contribution is -2.37. The minimum atomic E-state index is -3.99. The monoisotopic (exact) mass is 380 g/mol. The molecule has 0 spiro atoms. The predicted molar refractivity (Wildman–Crippen MR) is 92.1 cm³/mol. The van der Waals surface area contributed by atoms with E-state index in [0.717, 1.165) is 6.07 Å². The largest absolute Gasteiger partial charge is 0.337 e. The molecule has 1 saturated heterocycles. The molecule has 26 heavy (non-hydrogen) atoms. The van der Waals surface area contributed by atoms with Crippen LogP contribution in [0.3, 0.4) is 0 Å². The average molecular weight is 380 g/mol. The Morgan fingerprint density at radius 2 is 1.50 bits per heavy atom. The average Bonchev–Trinajstić information content (AvgIpc) is 2.88. The van der Waals surface area contributed by atoms with Crippen molar-refractivity contribution in [2.45, 2.75) is 11.3 Å². The molecule has 2 aromatic rings. The maximum absolute atomic E-state index is 13.9. The second-order valence-electron chi connectivity index (χ2n) is 5.96. The molecule has 8 heteroatoms. The van der Waals surface area contributed by atoms with Crippen LogP contribution in [0.5, 0.6) is 0 Å². The molecule has 1 amide bonds. The van der Waals surface area contributed by atoms with E-state index >= 15 is 0 Å². The fourth-order valence-electron chi connectivity index (χ4n) is 2.94. The molecule has 138 valence electrons. The molecule has 0 radical (unpaired) electrons. The number of rotatable bonds is 3. The van der Waals surface area contributed by atoms with E-state index < -0.39 is 27.6 Å². The van der Waals surface area contributed by atoms with Gasteiger partial charge in [0.1, 0.15) is 16.5 Å². The highest BCUT2D eigenvalue weighted by atomic mass is 32.2. The Bertz CT molecular complexity index is 918. The van der Waals surface area contributed by atoms with E-state index in [1.165, 1.54) is 45.6 Å². The summed E-state index contributed by atoms with van der Waals surface area (Å²) in [5.74, 6) is -1.90. The van der Waals surface area contributed by atoms with E-state index in [1.54, 1.807) is 6.07 Å². The number of nitrogens with zero attached hydrogens (tertiary/aromatic N) is 2. The normalized spacial score (nSPS) is 16.3. The van der Waals surface area contributed by atoms with Crippen LogP contribution in [0.2, 0.25) is 0 Å². The SMILES string of the molecule is O=C(c1ccccc1F)N1CCCN(S(=O)(=O)c2ccccc2F)CC1. The van der Waals surface area contributed by atoms with Crippen molar-refractivity contribution in [2.75, 3.05) is 26.2 Å². The molecule has 0 saturated carbocycles. The van der Waals surface area contributed by atoms with Gasteiger partial charge in [-0.05, 0) is 30.7 Å². The van der Waals surface area contributed by atoms with Crippen molar-refractivity contribution in [1.82, 2.24) is 9.21 Å². The number of hydrogen-bond acceptors (Lipinski definition) is 3. The van der Waals surface area contributed by atoms with Crippen molar-refractivity contribution in [2.24, 2.45) is 0 Å². The maximum atomic E-state index is 13.9. The summed E-state index contributed by atoms with van der Waals surface area (Å²) in [4.78, 5) is 13.6. The first-order valence-corrected chi connectivity index (χ1v) is 9.64. The van der Waals surface area contributed by atoms with Gasteiger partial charge in [0.15, 0.2) is 0 Å². The lowest BCUT2D eigenvalue weighted by molar-refractivity contribution is 0.0759. The van der Waals surface area contributed by atoms with Crippen LogP contribution in [0.1, 0.15) is 16.8 Å². The second-order valence-corrected chi connectivity index (χ2v) is 7.87. The van der Waals surface area contributed by atoms with Crippen LogP contribution >= 0.6 is 0 Å². The van der Waals surface area contributed by atoms with Crippen molar-refractivity contribution in [3.05, 3.63) is 65.7 Å². The van der Waals surface area contributed by atoms with Crippen LogP contribution in [0.25, 0.3) is 0 Å². The lowest BCUT2D eigenvalue weighted by Gasteiger charge is -2.22. The van der Waals surface area contributed by atoms with Crippen LogP contribution < -0.4 is 0 Å². The summed E-state index contributed by atoms with van der Waals surface area (Å²) < 4.78 is 54.3. The Morgan fingerprint density at radius 3 is 2.19 bits per heavy atom. The van der Waals surface area contributed by atoms with Gasteiger partial charge in [-0.1, -0.05) is 24.3 Å². The van der Waals surface area contributed by atoms with Gasteiger partial charge < -0.3 is 4.90 Å². The van der Waals surface area contributed by atoms with Crippen molar-refractivity contribution >= 4 is 15.9 Å². The van der Waals surface area contributed by atoms with E-state index in [9.17, 15) is 22.0 Å².